The summed E-state index contributed by atoms with van der Waals surface area (Å²) < 4.78 is 10.7. The number of rotatable bonds is 6. The van der Waals surface area contributed by atoms with Crippen LogP contribution >= 0.6 is 0 Å². The molecular weight excluding hydrogens is 452 g/mol. The Morgan fingerprint density at radius 2 is 1.83 bits per heavy atom. The molecule has 36 heavy (non-hydrogen) atoms. The molecule has 3 saturated carbocycles. The van der Waals surface area contributed by atoms with Crippen LogP contribution in [-0.2, 0) is 16.0 Å². The molecule has 7 atom stereocenters. The number of methoxy groups -OCH3 is 2. The molecule has 0 saturated heterocycles. The first-order valence-corrected chi connectivity index (χ1v) is 13.6. The third kappa shape index (κ3) is 4.01. The maximum absolute atomic E-state index is 12.8. The summed E-state index contributed by atoms with van der Waals surface area (Å²) in [5.41, 5.74) is 1.29. The highest BCUT2D eigenvalue weighted by Crippen LogP contribution is 2.65. The number of likely N-dealkylation sites (N-methyl/N-ethyl adjacent to an activating group) is 1. The zero-order valence-corrected chi connectivity index (χ0v) is 22.5. The van der Waals surface area contributed by atoms with E-state index in [2.05, 4.69) is 25.2 Å². The van der Waals surface area contributed by atoms with E-state index in [0.29, 0.717) is 47.6 Å². The standard InChI is InChI=1S/C30H42N2O4/c1-29-14-12-23-21(8-11-26-30(23,2)15-13-28(34)32(26)3)22(29)9-7-20(29)18-31-27(33)17-19-6-10-24(35-4)25(16-19)36-5/h6,10,13,15-16,20-23,26H,7-9,11-12,14,17-18H2,1-5H3,(H,31,33)/t20?,21-,22-,23+,26?,29+,30+/m0/s1. The molecule has 1 aromatic rings. The minimum atomic E-state index is 0.0658. The molecule has 0 radical (unpaired) electrons. The minimum Gasteiger partial charge on any atom is -0.493 e. The highest BCUT2D eigenvalue weighted by Gasteiger charge is 2.60. The van der Waals surface area contributed by atoms with Gasteiger partial charge in [-0.15, -0.1) is 0 Å². The van der Waals surface area contributed by atoms with Crippen LogP contribution in [0, 0.1) is 34.5 Å². The van der Waals surface area contributed by atoms with E-state index in [0.717, 1.165) is 18.5 Å². The van der Waals surface area contributed by atoms with Gasteiger partial charge < -0.3 is 19.7 Å². The van der Waals surface area contributed by atoms with E-state index in [1.54, 1.807) is 14.2 Å². The summed E-state index contributed by atoms with van der Waals surface area (Å²) in [5.74, 6) is 4.12. The van der Waals surface area contributed by atoms with Crippen molar-refractivity contribution in [2.45, 2.75) is 64.8 Å². The monoisotopic (exact) mass is 494 g/mol. The Balaban J connectivity index is 1.23. The fraction of sp³-hybridized carbons (Fsp3) is 0.667. The summed E-state index contributed by atoms with van der Waals surface area (Å²) >= 11 is 0. The average molecular weight is 495 g/mol. The number of benzene rings is 1. The summed E-state index contributed by atoms with van der Waals surface area (Å²) in [4.78, 5) is 27.2. The normalized spacial score (nSPS) is 37.1. The molecule has 2 unspecified atom stereocenters. The van der Waals surface area contributed by atoms with E-state index in [4.69, 9.17) is 9.47 Å². The van der Waals surface area contributed by atoms with Gasteiger partial charge in [0.25, 0.3) is 0 Å². The first kappa shape index (κ1) is 25.2. The summed E-state index contributed by atoms with van der Waals surface area (Å²) in [6.07, 6.45) is 11.6. The lowest BCUT2D eigenvalue weighted by atomic mass is 9.47. The van der Waals surface area contributed by atoms with Crippen molar-refractivity contribution in [3.05, 3.63) is 35.9 Å². The van der Waals surface area contributed by atoms with Crippen molar-refractivity contribution in [3.8, 4) is 11.5 Å². The topological polar surface area (TPSA) is 67.9 Å². The van der Waals surface area contributed by atoms with E-state index < -0.39 is 0 Å². The van der Waals surface area contributed by atoms with Crippen molar-refractivity contribution in [2.75, 3.05) is 27.8 Å². The third-order valence-electron chi connectivity index (χ3n) is 10.7. The highest BCUT2D eigenvalue weighted by molar-refractivity contribution is 5.89. The lowest BCUT2D eigenvalue weighted by molar-refractivity contribution is -0.139. The Kier molecular flexibility index (Phi) is 6.59. The fourth-order valence-electron chi connectivity index (χ4n) is 8.66. The van der Waals surface area contributed by atoms with Crippen molar-refractivity contribution in [3.63, 3.8) is 0 Å². The van der Waals surface area contributed by atoms with Gasteiger partial charge in [0.1, 0.15) is 0 Å². The second-order valence-electron chi connectivity index (χ2n) is 12.1. The van der Waals surface area contributed by atoms with Crippen LogP contribution < -0.4 is 14.8 Å². The third-order valence-corrected chi connectivity index (χ3v) is 10.7. The maximum atomic E-state index is 12.8. The van der Waals surface area contributed by atoms with Crippen LogP contribution in [0.5, 0.6) is 11.5 Å². The number of amides is 2. The number of fused-ring (bicyclic) bond motifs is 5. The highest BCUT2D eigenvalue weighted by atomic mass is 16.5. The quantitative estimate of drug-likeness (QED) is 0.627. The van der Waals surface area contributed by atoms with Gasteiger partial charge in [0.15, 0.2) is 11.5 Å². The summed E-state index contributed by atoms with van der Waals surface area (Å²) in [5, 5.41) is 3.27. The molecule has 0 aromatic heterocycles. The molecule has 6 heteroatoms. The zero-order chi connectivity index (χ0) is 25.7. The Morgan fingerprint density at radius 3 is 2.58 bits per heavy atom. The number of carbonyl (C=O) groups is 2. The number of hydrogen-bond donors (Lipinski definition) is 1. The molecule has 1 N–H and O–H groups in total. The van der Waals surface area contributed by atoms with Crippen LogP contribution in [0.4, 0.5) is 0 Å². The number of hydrogen-bond acceptors (Lipinski definition) is 4. The fourth-order valence-corrected chi connectivity index (χ4v) is 8.66. The molecule has 1 aliphatic heterocycles. The minimum absolute atomic E-state index is 0.0658. The van der Waals surface area contributed by atoms with E-state index >= 15 is 0 Å². The van der Waals surface area contributed by atoms with Gasteiger partial charge in [0.05, 0.1) is 20.6 Å². The Labute approximate surface area is 215 Å². The number of nitrogens with zero attached hydrogens (tertiary/aromatic N) is 1. The first-order valence-electron chi connectivity index (χ1n) is 13.6. The molecule has 5 rings (SSSR count). The molecule has 4 aliphatic rings. The van der Waals surface area contributed by atoms with Gasteiger partial charge in [-0.3, -0.25) is 9.59 Å². The number of ether oxygens (including phenoxy) is 2. The maximum Gasteiger partial charge on any atom is 0.246 e. The van der Waals surface area contributed by atoms with Gasteiger partial charge in [-0.1, -0.05) is 26.0 Å². The Morgan fingerprint density at radius 1 is 1.06 bits per heavy atom. The van der Waals surface area contributed by atoms with Gasteiger partial charge in [-0.25, -0.2) is 0 Å². The van der Waals surface area contributed by atoms with Crippen molar-refractivity contribution in [1.29, 1.82) is 0 Å². The van der Waals surface area contributed by atoms with E-state index in [1.165, 1.54) is 32.1 Å². The van der Waals surface area contributed by atoms with Gasteiger partial charge in [-0.05, 0) is 91.4 Å². The molecule has 3 fully saturated rings. The Bertz CT molecular complexity index is 1050. The van der Waals surface area contributed by atoms with Crippen LogP contribution in [0.25, 0.3) is 0 Å². The summed E-state index contributed by atoms with van der Waals surface area (Å²) in [6, 6.07) is 5.99. The summed E-state index contributed by atoms with van der Waals surface area (Å²) in [6.45, 7) is 5.65. The smallest absolute Gasteiger partial charge is 0.246 e. The molecule has 1 aromatic carbocycles. The van der Waals surface area contributed by atoms with E-state index in [-0.39, 0.29) is 22.6 Å². The summed E-state index contributed by atoms with van der Waals surface area (Å²) in [7, 11) is 5.21. The van der Waals surface area contributed by atoms with Gasteiger partial charge >= 0.3 is 0 Å². The van der Waals surface area contributed by atoms with Crippen molar-refractivity contribution in [2.24, 2.45) is 34.5 Å². The molecular formula is C30H42N2O4. The van der Waals surface area contributed by atoms with E-state index in [1.807, 2.05) is 36.2 Å². The van der Waals surface area contributed by atoms with Crippen LogP contribution in [0.1, 0.15) is 57.9 Å². The van der Waals surface area contributed by atoms with E-state index in [9.17, 15) is 9.59 Å². The van der Waals surface area contributed by atoms with Crippen molar-refractivity contribution >= 4 is 11.8 Å². The van der Waals surface area contributed by atoms with Gasteiger partial charge in [0.2, 0.25) is 11.8 Å². The lowest BCUT2D eigenvalue weighted by Gasteiger charge is -2.60. The predicted octanol–water partition coefficient (Wildman–Crippen LogP) is 4.62. The molecule has 0 bridgehead atoms. The van der Waals surface area contributed by atoms with Gasteiger partial charge in [0, 0.05) is 25.0 Å². The van der Waals surface area contributed by atoms with Crippen LogP contribution in [-0.4, -0.2) is 50.6 Å². The molecule has 2 amide bonds. The Hall–Kier alpha value is -2.50. The van der Waals surface area contributed by atoms with Gasteiger partial charge in [-0.2, -0.15) is 0 Å². The average Bonchev–Trinajstić information content (AvgIpc) is 3.21. The number of carbonyl (C=O) groups excluding carboxylic acids is 2. The second kappa shape index (κ2) is 9.42. The van der Waals surface area contributed by atoms with Crippen molar-refractivity contribution < 1.29 is 19.1 Å². The molecule has 196 valence electrons. The molecule has 3 aliphatic carbocycles. The van der Waals surface area contributed by atoms with Crippen molar-refractivity contribution in [1.82, 2.24) is 10.2 Å². The molecule has 0 spiro atoms. The largest absolute Gasteiger partial charge is 0.493 e. The lowest BCUT2D eigenvalue weighted by Crippen LogP contribution is -2.59. The predicted molar refractivity (Wildman–Crippen MR) is 140 cm³/mol. The number of nitrogens with one attached hydrogen (secondary N) is 1. The molecule has 6 nitrogen and oxygen atoms in total. The van der Waals surface area contributed by atoms with Crippen LogP contribution in [0.15, 0.2) is 30.4 Å². The first-order chi connectivity index (χ1) is 17.2. The SMILES string of the molecule is COc1ccc(CC(=O)NCC2CC[C@H]3[C@@H]4CCC5N(C)C(=O)C=C[C@]5(C)[C@@H]4CC[C@]23C)cc1OC. The van der Waals surface area contributed by atoms with Crippen LogP contribution in [0.3, 0.4) is 0 Å². The molecule has 1 heterocycles. The zero-order valence-electron chi connectivity index (χ0n) is 22.5. The second-order valence-corrected chi connectivity index (χ2v) is 12.1. The van der Waals surface area contributed by atoms with Crippen LogP contribution in [0.2, 0.25) is 0 Å².